The lowest BCUT2D eigenvalue weighted by Crippen LogP contribution is -2.60. The van der Waals surface area contributed by atoms with Crippen molar-refractivity contribution in [3.8, 4) is 11.8 Å². The average molecular weight is 1090 g/mol. The number of rotatable bonds is 30. The Balaban J connectivity index is 1.50. The lowest BCUT2D eigenvalue weighted by Gasteiger charge is -2.28. The number of nitrogens with two attached hydrogens (primary N) is 7. The first-order valence-corrected chi connectivity index (χ1v) is 25.3. The monoisotopic (exact) mass is 1090 g/mol. The number of benzene rings is 3. The van der Waals surface area contributed by atoms with E-state index in [0.717, 1.165) is 10.9 Å². The molecular formula is C52H69N19O8. The summed E-state index contributed by atoms with van der Waals surface area (Å²) in [5.41, 5.74) is 42.1. The van der Waals surface area contributed by atoms with E-state index in [1.807, 2.05) is 18.2 Å². The highest BCUT2D eigenvalue weighted by Crippen LogP contribution is 2.23. The summed E-state index contributed by atoms with van der Waals surface area (Å²) >= 11 is 0. The van der Waals surface area contributed by atoms with Gasteiger partial charge in [0.25, 0.3) is 0 Å². The fourth-order valence-corrected chi connectivity index (χ4v) is 8.59. The molecule has 0 fully saturated rings. The van der Waals surface area contributed by atoms with Crippen molar-refractivity contribution < 1.29 is 38.7 Å². The number of para-hydroxylation sites is 1. The third kappa shape index (κ3) is 19.0. The van der Waals surface area contributed by atoms with Crippen LogP contribution in [-0.2, 0) is 52.8 Å². The molecule has 0 radical (unpaired) electrons. The molecule has 7 amide bonds. The van der Waals surface area contributed by atoms with Gasteiger partial charge in [0, 0.05) is 80.0 Å². The van der Waals surface area contributed by atoms with Crippen molar-refractivity contribution in [2.75, 3.05) is 19.6 Å². The number of hydrogen-bond acceptors (Lipinski definition) is 12. The summed E-state index contributed by atoms with van der Waals surface area (Å²) in [4.78, 5) is 116. The van der Waals surface area contributed by atoms with Crippen molar-refractivity contribution in [2.24, 2.45) is 55.1 Å². The van der Waals surface area contributed by atoms with Crippen molar-refractivity contribution in [1.29, 1.82) is 5.26 Å². The molecular weight excluding hydrogens is 1020 g/mol. The molecule has 0 aliphatic heterocycles. The van der Waals surface area contributed by atoms with Crippen molar-refractivity contribution in [2.45, 2.75) is 101 Å². The van der Waals surface area contributed by atoms with Crippen molar-refractivity contribution in [3.05, 3.63) is 101 Å². The summed E-state index contributed by atoms with van der Waals surface area (Å²) in [6, 6.07) is 12.0. The quantitative estimate of drug-likeness (QED) is 0.0132. The van der Waals surface area contributed by atoms with E-state index in [9.17, 15) is 43.9 Å². The third-order valence-electron chi connectivity index (χ3n) is 12.5. The van der Waals surface area contributed by atoms with E-state index in [4.69, 9.17) is 40.1 Å². The molecule has 2 aromatic heterocycles. The zero-order chi connectivity index (χ0) is 57.6. The van der Waals surface area contributed by atoms with Crippen LogP contribution in [0.15, 0.2) is 94.1 Å². The number of primary amides is 1. The number of phenols is 1. The molecule has 0 bridgehead atoms. The van der Waals surface area contributed by atoms with E-state index in [1.54, 1.807) is 36.7 Å². The number of nitriles is 1. The first kappa shape index (κ1) is 60.0. The van der Waals surface area contributed by atoms with Crippen LogP contribution in [0.25, 0.3) is 21.8 Å². The number of amides is 7. The van der Waals surface area contributed by atoms with Gasteiger partial charge >= 0.3 is 0 Å². The molecule has 6 atom stereocenters. The standard InChI is InChI=1S/C52H69N19O8/c1-28(72)66-39(10-5-19-62-51(57)58)45(75)70-43(24-32-27-65-37-17-14-30(25-53)21-35(32)37)49(79)69-41(22-29-12-15-33(73)16-13-29)47(77)68-40(11-6-20-63-52(59)60)46(76)71-42(23-31-26-64-36-8-3-2-7-34(31)36)48(78)67-38(44(54)74)9-4-18-61-50(55)56/h2-3,7-8,12-17,21,26-27,38-43,64-65,73H,4-6,9-11,18-20,22-24H2,1H3,(H2,54,74)(H,66,72)(H,67,78)(H,68,77)(H,69,79)(H,70,75)(H,71,76)(H4,55,56,61)(H4,57,58,62)(H4,59,60,63)/t38-,39-,40-,41-,42-,43-/m0/s1. The minimum absolute atomic E-state index is 0.0217. The zero-order valence-electron chi connectivity index (χ0n) is 43.6. The van der Waals surface area contributed by atoms with Crippen LogP contribution in [0.4, 0.5) is 0 Å². The molecule has 0 spiro atoms. The number of aromatic hydroxyl groups is 1. The summed E-state index contributed by atoms with van der Waals surface area (Å²) in [6.45, 7) is 1.51. The normalized spacial score (nSPS) is 13.2. The molecule has 23 N–H and O–H groups in total. The van der Waals surface area contributed by atoms with Gasteiger partial charge in [-0.05, 0) is 91.6 Å². The molecule has 27 heteroatoms. The topological polar surface area (TPSA) is 486 Å². The minimum Gasteiger partial charge on any atom is -0.508 e. The zero-order valence-corrected chi connectivity index (χ0v) is 43.6. The highest BCUT2D eigenvalue weighted by atomic mass is 16.3. The van der Waals surface area contributed by atoms with Gasteiger partial charge in [-0.1, -0.05) is 30.3 Å². The number of fused-ring (bicyclic) bond motifs is 2. The van der Waals surface area contributed by atoms with E-state index >= 15 is 0 Å². The van der Waals surface area contributed by atoms with Gasteiger partial charge in [0.15, 0.2) is 17.9 Å². The van der Waals surface area contributed by atoms with E-state index in [1.165, 1.54) is 31.2 Å². The lowest BCUT2D eigenvalue weighted by atomic mass is 10.00. The number of nitrogens with zero attached hydrogens (tertiary/aromatic N) is 4. The second-order valence-corrected chi connectivity index (χ2v) is 18.6. The summed E-state index contributed by atoms with van der Waals surface area (Å²) in [5.74, 6) is -6.18. The number of aromatic amines is 2. The number of carbonyl (C=O) groups excluding carboxylic acids is 7. The highest BCUT2D eigenvalue weighted by Gasteiger charge is 2.34. The number of guanidine groups is 3. The summed E-state index contributed by atoms with van der Waals surface area (Å²) in [5, 5.41) is 37.4. The summed E-state index contributed by atoms with van der Waals surface area (Å²) in [7, 11) is 0. The maximum absolute atomic E-state index is 14.9. The Hall–Kier alpha value is -9.87. The number of H-pyrrole nitrogens is 2. The Morgan fingerprint density at radius 3 is 1.43 bits per heavy atom. The Labute approximate surface area is 454 Å². The van der Waals surface area contributed by atoms with E-state index < -0.39 is 77.6 Å². The molecule has 0 aliphatic rings. The number of aromatic nitrogens is 2. The first-order chi connectivity index (χ1) is 37.7. The molecule has 0 aliphatic carbocycles. The van der Waals surface area contributed by atoms with Crippen LogP contribution in [0.2, 0.25) is 0 Å². The Kier molecular flexibility index (Phi) is 22.4. The third-order valence-corrected chi connectivity index (χ3v) is 12.5. The second kappa shape index (κ2) is 29.4. The molecule has 5 rings (SSSR count). The molecule has 79 heavy (non-hydrogen) atoms. The van der Waals surface area contributed by atoms with Crippen LogP contribution < -0.4 is 72.0 Å². The first-order valence-electron chi connectivity index (χ1n) is 25.3. The number of aliphatic imine (C=N–C) groups is 3. The van der Waals surface area contributed by atoms with Gasteiger partial charge < -0.3 is 87.1 Å². The number of nitrogens with one attached hydrogen (secondary N) is 8. The Bertz CT molecular complexity index is 3080. The molecule has 2 heterocycles. The van der Waals surface area contributed by atoms with Gasteiger partial charge in [-0.3, -0.25) is 48.5 Å². The van der Waals surface area contributed by atoms with Crippen LogP contribution in [-0.4, -0.2) is 130 Å². The van der Waals surface area contributed by atoms with Gasteiger partial charge in [0.2, 0.25) is 41.4 Å². The van der Waals surface area contributed by atoms with Crippen molar-refractivity contribution in [3.63, 3.8) is 0 Å². The molecule has 420 valence electrons. The number of hydrogen-bond donors (Lipinski definition) is 16. The highest BCUT2D eigenvalue weighted by molar-refractivity contribution is 5.98. The molecule has 27 nitrogen and oxygen atoms in total. The van der Waals surface area contributed by atoms with Crippen LogP contribution >= 0.6 is 0 Å². The minimum atomic E-state index is -1.50. The van der Waals surface area contributed by atoms with Crippen molar-refractivity contribution >= 4 is 81.0 Å². The van der Waals surface area contributed by atoms with Crippen LogP contribution in [0.3, 0.4) is 0 Å². The predicted molar refractivity (Wildman–Crippen MR) is 297 cm³/mol. The molecule has 0 saturated heterocycles. The van der Waals surface area contributed by atoms with Crippen molar-refractivity contribution in [1.82, 2.24) is 41.9 Å². The largest absolute Gasteiger partial charge is 0.508 e. The van der Waals surface area contributed by atoms with Crippen LogP contribution in [0.1, 0.15) is 67.7 Å². The predicted octanol–water partition coefficient (Wildman–Crippen LogP) is -2.17. The van der Waals surface area contributed by atoms with Gasteiger partial charge in [-0.2, -0.15) is 5.26 Å². The van der Waals surface area contributed by atoms with Gasteiger partial charge in [-0.25, -0.2) is 0 Å². The van der Waals surface area contributed by atoms with E-state index in [-0.39, 0.29) is 101 Å². The van der Waals surface area contributed by atoms with Gasteiger partial charge in [0.1, 0.15) is 42.0 Å². The number of carbonyl (C=O) groups is 7. The van der Waals surface area contributed by atoms with Gasteiger partial charge in [0.05, 0.1) is 11.6 Å². The maximum Gasteiger partial charge on any atom is 0.243 e. The smallest absolute Gasteiger partial charge is 0.243 e. The summed E-state index contributed by atoms with van der Waals surface area (Å²) < 4.78 is 0. The molecule has 3 aromatic carbocycles. The van der Waals surface area contributed by atoms with E-state index in [0.29, 0.717) is 33.2 Å². The second-order valence-electron chi connectivity index (χ2n) is 18.6. The Morgan fingerprint density at radius 2 is 0.949 bits per heavy atom. The number of phenolic OH excluding ortho intramolecular Hbond substituents is 1. The molecule has 0 saturated carbocycles. The fraction of sp³-hybridized carbons (Fsp3) is 0.365. The maximum atomic E-state index is 14.9. The van der Waals surface area contributed by atoms with Crippen LogP contribution in [0, 0.1) is 11.3 Å². The lowest BCUT2D eigenvalue weighted by molar-refractivity contribution is -0.135. The average Bonchev–Trinajstić information content (AvgIpc) is 4.05. The SMILES string of the molecule is CC(=O)N[C@@H](CCCN=C(N)N)C(=O)N[C@@H](Cc1c[nH]c2ccc(C#N)cc12)C(=O)N[C@@H](Cc1ccc(O)cc1)C(=O)N[C@@H](CCCN=C(N)N)C(=O)N[C@@H](Cc1c[nH]c2ccccc12)C(=O)N[C@@H](CCCN=C(N)N)C(N)=O. The van der Waals surface area contributed by atoms with Gasteiger partial charge in [-0.15, -0.1) is 0 Å². The van der Waals surface area contributed by atoms with Crippen LogP contribution in [0.5, 0.6) is 5.75 Å². The molecule has 0 unspecified atom stereocenters. The molecule has 5 aromatic rings. The fourth-order valence-electron chi connectivity index (χ4n) is 8.59. The Morgan fingerprint density at radius 1 is 0.532 bits per heavy atom. The van der Waals surface area contributed by atoms with E-state index in [2.05, 4.69) is 62.9 Å². The summed E-state index contributed by atoms with van der Waals surface area (Å²) in [6.07, 6.45) is 3.41.